The molecule has 1 unspecified atom stereocenters. The first-order valence-electron chi connectivity index (χ1n) is 8.49. The molecule has 0 heterocycles. The summed E-state index contributed by atoms with van der Waals surface area (Å²) in [5.74, 6) is 2.01. The minimum atomic E-state index is 0.796. The lowest BCUT2D eigenvalue weighted by atomic mass is 9.76. The quantitative estimate of drug-likeness (QED) is 0.560. The van der Waals surface area contributed by atoms with Crippen molar-refractivity contribution in [2.45, 2.75) is 90.5 Å². The van der Waals surface area contributed by atoms with Crippen LogP contribution in [0.4, 0.5) is 0 Å². The van der Waals surface area contributed by atoms with Crippen LogP contribution in [0.25, 0.3) is 0 Å². The van der Waals surface area contributed by atoms with Crippen molar-refractivity contribution in [1.82, 2.24) is 5.32 Å². The van der Waals surface area contributed by atoms with Crippen LogP contribution in [0.1, 0.15) is 84.5 Å². The molecule has 0 saturated heterocycles. The van der Waals surface area contributed by atoms with Gasteiger partial charge in [0.05, 0.1) is 0 Å². The smallest absolute Gasteiger partial charge is 0.00923 e. The summed E-state index contributed by atoms with van der Waals surface area (Å²) in [5.41, 5.74) is 0. The highest BCUT2D eigenvalue weighted by molar-refractivity contribution is 4.81. The van der Waals surface area contributed by atoms with E-state index >= 15 is 0 Å². The molecule has 1 saturated carbocycles. The zero-order chi connectivity index (χ0) is 13.2. The first-order valence-corrected chi connectivity index (χ1v) is 8.49. The molecule has 0 radical (unpaired) electrons. The van der Waals surface area contributed by atoms with Crippen molar-refractivity contribution in [3.05, 3.63) is 0 Å². The van der Waals surface area contributed by atoms with Crippen LogP contribution in [0.15, 0.2) is 0 Å². The van der Waals surface area contributed by atoms with Gasteiger partial charge in [0.2, 0.25) is 0 Å². The zero-order valence-electron chi connectivity index (χ0n) is 13.0. The predicted octanol–water partition coefficient (Wildman–Crippen LogP) is 5.15. The van der Waals surface area contributed by atoms with E-state index in [0.717, 1.165) is 17.9 Å². The summed E-state index contributed by atoms with van der Waals surface area (Å²) in [6.07, 6.45) is 15.8. The Balaban J connectivity index is 2.20. The van der Waals surface area contributed by atoms with E-state index in [1.165, 1.54) is 70.6 Å². The molecule has 0 amide bonds. The van der Waals surface area contributed by atoms with Crippen LogP contribution in [0, 0.1) is 11.8 Å². The molecule has 0 spiro atoms. The normalized spacial score (nSPS) is 26.2. The Morgan fingerprint density at radius 3 is 2.22 bits per heavy atom. The predicted molar refractivity (Wildman–Crippen MR) is 82.0 cm³/mol. The van der Waals surface area contributed by atoms with E-state index in [0.29, 0.717) is 0 Å². The fourth-order valence-corrected chi connectivity index (χ4v) is 3.69. The first kappa shape index (κ1) is 16.0. The van der Waals surface area contributed by atoms with Crippen LogP contribution < -0.4 is 5.32 Å². The van der Waals surface area contributed by atoms with Gasteiger partial charge >= 0.3 is 0 Å². The Bertz CT molecular complexity index is 179. The number of nitrogens with one attached hydrogen (secondary N) is 1. The molecule has 1 rings (SSSR count). The minimum absolute atomic E-state index is 0.796. The monoisotopic (exact) mass is 253 g/mol. The van der Waals surface area contributed by atoms with Gasteiger partial charge in [-0.2, -0.15) is 0 Å². The van der Waals surface area contributed by atoms with Gasteiger partial charge in [-0.05, 0) is 38.1 Å². The van der Waals surface area contributed by atoms with Crippen LogP contribution in [-0.2, 0) is 0 Å². The number of hydrogen-bond acceptors (Lipinski definition) is 1. The maximum Gasteiger partial charge on any atom is 0.00923 e. The van der Waals surface area contributed by atoms with E-state index in [2.05, 4.69) is 26.2 Å². The molecule has 1 heteroatoms. The average Bonchev–Trinajstić information content (AvgIpc) is 2.41. The lowest BCUT2D eigenvalue weighted by Gasteiger charge is -2.34. The summed E-state index contributed by atoms with van der Waals surface area (Å²) < 4.78 is 0. The van der Waals surface area contributed by atoms with Gasteiger partial charge in [-0.1, -0.05) is 65.2 Å². The summed E-state index contributed by atoms with van der Waals surface area (Å²) in [6.45, 7) is 4.63. The molecule has 1 atom stereocenters. The van der Waals surface area contributed by atoms with Crippen LogP contribution in [0.2, 0.25) is 0 Å². The molecular weight excluding hydrogens is 218 g/mol. The second-order valence-electron chi connectivity index (χ2n) is 6.31. The maximum absolute atomic E-state index is 3.60. The number of hydrogen-bond donors (Lipinski definition) is 1. The standard InChI is InChI=1S/C17H35N/c1-4-6-7-8-10-17(18-3)16-13-11-15(9-5-2)12-14-16/h15-18H,4-14H2,1-3H3. The van der Waals surface area contributed by atoms with E-state index in [9.17, 15) is 0 Å². The van der Waals surface area contributed by atoms with E-state index < -0.39 is 0 Å². The maximum atomic E-state index is 3.60. The summed E-state index contributed by atoms with van der Waals surface area (Å²) in [6, 6.07) is 0.796. The molecule has 108 valence electrons. The third-order valence-corrected chi connectivity index (χ3v) is 4.90. The summed E-state index contributed by atoms with van der Waals surface area (Å²) >= 11 is 0. The molecule has 0 aromatic carbocycles. The van der Waals surface area contributed by atoms with Crippen LogP contribution in [0.5, 0.6) is 0 Å². The highest BCUT2D eigenvalue weighted by atomic mass is 14.9. The van der Waals surface area contributed by atoms with Gasteiger partial charge in [-0.15, -0.1) is 0 Å². The van der Waals surface area contributed by atoms with Crippen molar-refractivity contribution in [3.8, 4) is 0 Å². The van der Waals surface area contributed by atoms with E-state index in [-0.39, 0.29) is 0 Å². The SMILES string of the molecule is CCCCCCC(NC)C1CCC(CCC)CC1. The van der Waals surface area contributed by atoms with Gasteiger partial charge in [0.15, 0.2) is 0 Å². The summed E-state index contributed by atoms with van der Waals surface area (Å²) in [4.78, 5) is 0. The molecule has 1 aliphatic rings. The second kappa shape index (κ2) is 9.83. The molecule has 0 aromatic rings. The Morgan fingerprint density at radius 1 is 0.944 bits per heavy atom. The first-order chi connectivity index (χ1) is 8.81. The highest BCUT2D eigenvalue weighted by Crippen LogP contribution is 2.34. The Morgan fingerprint density at radius 2 is 1.67 bits per heavy atom. The molecular formula is C17H35N. The van der Waals surface area contributed by atoms with Crippen molar-refractivity contribution in [2.24, 2.45) is 11.8 Å². The highest BCUT2D eigenvalue weighted by Gasteiger charge is 2.25. The summed E-state index contributed by atoms with van der Waals surface area (Å²) in [7, 11) is 2.17. The largest absolute Gasteiger partial charge is 0.317 e. The van der Waals surface area contributed by atoms with E-state index in [4.69, 9.17) is 0 Å². The zero-order valence-corrected chi connectivity index (χ0v) is 13.0. The molecule has 18 heavy (non-hydrogen) atoms. The van der Waals surface area contributed by atoms with Gasteiger partial charge < -0.3 is 5.32 Å². The molecule has 0 bridgehead atoms. The Hall–Kier alpha value is -0.0400. The molecule has 0 aromatic heterocycles. The Kier molecular flexibility index (Phi) is 8.75. The fourth-order valence-electron chi connectivity index (χ4n) is 3.69. The fraction of sp³-hybridized carbons (Fsp3) is 1.00. The van der Waals surface area contributed by atoms with Crippen molar-refractivity contribution < 1.29 is 0 Å². The second-order valence-corrected chi connectivity index (χ2v) is 6.31. The third-order valence-electron chi connectivity index (χ3n) is 4.90. The summed E-state index contributed by atoms with van der Waals surface area (Å²) in [5, 5.41) is 3.60. The molecule has 0 aliphatic heterocycles. The molecule has 1 aliphatic carbocycles. The number of unbranched alkanes of at least 4 members (excludes halogenated alkanes) is 3. The van der Waals surface area contributed by atoms with Gasteiger partial charge in [-0.25, -0.2) is 0 Å². The minimum Gasteiger partial charge on any atom is -0.317 e. The van der Waals surface area contributed by atoms with Crippen molar-refractivity contribution in [3.63, 3.8) is 0 Å². The lowest BCUT2D eigenvalue weighted by Crippen LogP contribution is -2.35. The van der Waals surface area contributed by atoms with Crippen molar-refractivity contribution in [1.29, 1.82) is 0 Å². The Labute approximate surface area is 115 Å². The molecule has 1 nitrogen and oxygen atoms in total. The van der Waals surface area contributed by atoms with E-state index in [1.807, 2.05) is 0 Å². The molecule has 1 N–H and O–H groups in total. The number of rotatable bonds is 9. The average molecular weight is 253 g/mol. The van der Waals surface area contributed by atoms with Gasteiger partial charge in [0.25, 0.3) is 0 Å². The van der Waals surface area contributed by atoms with Crippen molar-refractivity contribution >= 4 is 0 Å². The van der Waals surface area contributed by atoms with Crippen LogP contribution >= 0.6 is 0 Å². The van der Waals surface area contributed by atoms with Crippen molar-refractivity contribution in [2.75, 3.05) is 7.05 Å². The van der Waals surface area contributed by atoms with Crippen LogP contribution in [-0.4, -0.2) is 13.1 Å². The molecule has 1 fully saturated rings. The van der Waals surface area contributed by atoms with Crippen LogP contribution in [0.3, 0.4) is 0 Å². The third kappa shape index (κ3) is 5.73. The lowest BCUT2D eigenvalue weighted by molar-refractivity contribution is 0.210. The van der Waals surface area contributed by atoms with Gasteiger partial charge in [-0.3, -0.25) is 0 Å². The van der Waals surface area contributed by atoms with Gasteiger partial charge in [0, 0.05) is 6.04 Å². The topological polar surface area (TPSA) is 12.0 Å². The van der Waals surface area contributed by atoms with E-state index in [1.54, 1.807) is 0 Å². The van der Waals surface area contributed by atoms with Gasteiger partial charge in [0.1, 0.15) is 0 Å².